The Morgan fingerprint density at radius 1 is 1.00 bits per heavy atom. The Morgan fingerprint density at radius 2 is 1.75 bits per heavy atom. The van der Waals surface area contributed by atoms with Gasteiger partial charge in [-0.1, -0.05) is 5.21 Å². The molecule has 0 unspecified atom stereocenters. The van der Waals surface area contributed by atoms with Crippen LogP contribution in [0.15, 0.2) is 30.7 Å². The molecule has 0 spiro atoms. The summed E-state index contributed by atoms with van der Waals surface area (Å²) in [6, 6.07) is 3.56. The minimum Gasteiger partial charge on any atom is -0.506 e. The minimum atomic E-state index is -0.0233. The molecule has 0 saturated carbocycles. The maximum Gasteiger partial charge on any atom is 0.201 e. The zero-order valence-corrected chi connectivity index (χ0v) is 19.2. The Bertz CT molecular complexity index is 1230. The SMILES string of the molecule is CC1(C)CC(n2nnc3cc(-c4ncc(-c5cn[nH]c5)cc4O)nnc32)CC(C)(C)N1.Cl. The van der Waals surface area contributed by atoms with Crippen molar-refractivity contribution < 1.29 is 5.11 Å². The lowest BCUT2D eigenvalue weighted by Crippen LogP contribution is -2.58. The molecule has 32 heavy (non-hydrogen) atoms. The first-order chi connectivity index (χ1) is 14.7. The lowest BCUT2D eigenvalue weighted by molar-refractivity contribution is 0.127. The van der Waals surface area contributed by atoms with E-state index in [1.54, 1.807) is 30.7 Å². The highest BCUT2D eigenvalue weighted by Crippen LogP contribution is 2.37. The largest absolute Gasteiger partial charge is 0.506 e. The van der Waals surface area contributed by atoms with Crippen LogP contribution in [-0.4, -0.2) is 56.6 Å². The Morgan fingerprint density at radius 3 is 2.41 bits per heavy atom. The van der Waals surface area contributed by atoms with Crippen LogP contribution in [0, 0.1) is 0 Å². The number of piperidine rings is 1. The van der Waals surface area contributed by atoms with Crippen LogP contribution in [0.3, 0.4) is 0 Å². The quantitative estimate of drug-likeness (QED) is 0.429. The van der Waals surface area contributed by atoms with Gasteiger partial charge in [0.05, 0.1) is 12.2 Å². The van der Waals surface area contributed by atoms with E-state index in [-0.39, 0.29) is 35.3 Å². The fourth-order valence-electron chi connectivity index (χ4n) is 4.77. The number of hydrogen-bond donors (Lipinski definition) is 3. The summed E-state index contributed by atoms with van der Waals surface area (Å²) in [7, 11) is 0. The lowest BCUT2D eigenvalue weighted by Gasteiger charge is -2.46. The summed E-state index contributed by atoms with van der Waals surface area (Å²) < 4.78 is 1.88. The van der Waals surface area contributed by atoms with E-state index in [0.29, 0.717) is 22.6 Å². The van der Waals surface area contributed by atoms with Crippen LogP contribution in [0.5, 0.6) is 5.75 Å². The highest BCUT2D eigenvalue weighted by atomic mass is 35.5. The van der Waals surface area contributed by atoms with Crippen LogP contribution < -0.4 is 5.32 Å². The minimum absolute atomic E-state index is 0. The topological polar surface area (TPSA) is 130 Å². The number of nitrogens with zero attached hydrogens (tertiary/aromatic N) is 7. The molecule has 0 aromatic carbocycles. The summed E-state index contributed by atoms with van der Waals surface area (Å²) in [5.41, 5.74) is 3.60. The van der Waals surface area contributed by atoms with Gasteiger partial charge < -0.3 is 10.4 Å². The Hall–Kier alpha value is -3.11. The van der Waals surface area contributed by atoms with Gasteiger partial charge in [0.1, 0.15) is 22.7 Å². The summed E-state index contributed by atoms with van der Waals surface area (Å²) in [5, 5.41) is 38.3. The van der Waals surface area contributed by atoms with Gasteiger partial charge in [0.15, 0.2) is 0 Å². The maximum atomic E-state index is 10.5. The van der Waals surface area contributed by atoms with E-state index < -0.39 is 0 Å². The van der Waals surface area contributed by atoms with Crippen molar-refractivity contribution in [1.82, 2.24) is 45.7 Å². The molecule has 5 heterocycles. The lowest BCUT2D eigenvalue weighted by atomic mass is 9.80. The average molecular weight is 456 g/mol. The van der Waals surface area contributed by atoms with Crippen molar-refractivity contribution in [3.05, 3.63) is 30.7 Å². The number of aromatic nitrogens is 8. The van der Waals surface area contributed by atoms with Crippen molar-refractivity contribution in [1.29, 1.82) is 0 Å². The van der Waals surface area contributed by atoms with Crippen molar-refractivity contribution >= 4 is 23.6 Å². The normalized spacial score (nSPS) is 17.9. The van der Waals surface area contributed by atoms with Gasteiger partial charge in [0.25, 0.3) is 0 Å². The van der Waals surface area contributed by atoms with Crippen molar-refractivity contribution in [2.75, 3.05) is 0 Å². The van der Waals surface area contributed by atoms with Gasteiger partial charge in [-0.05, 0) is 52.7 Å². The molecule has 1 fully saturated rings. The van der Waals surface area contributed by atoms with Gasteiger partial charge >= 0.3 is 0 Å². The van der Waals surface area contributed by atoms with E-state index in [1.807, 2.05) is 4.68 Å². The van der Waals surface area contributed by atoms with Crippen molar-refractivity contribution in [3.8, 4) is 28.3 Å². The number of hydrogen-bond acceptors (Lipinski definition) is 8. The van der Waals surface area contributed by atoms with Crippen LogP contribution >= 0.6 is 12.4 Å². The van der Waals surface area contributed by atoms with Crippen LogP contribution in [0.25, 0.3) is 33.7 Å². The summed E-state index contributed by atoms with van der Waals surface area (Å²) in [4.78, 5) is 4.39. The third-order valence-corrected chi connectivity index (χ3v) is 5.68. The van der Waals surface area contributed by atoms with E-state index in [1.165, 1.54) is 0 Å². The summed E-state index contributed by atoms with van der Waals surface area (Å²) in [5.74, 6) is 0.0154. The monoisotopic (exact) mass is 455 g/mol. The summed E-state index contributed by atoms with van der Waals surface area (Å²) >= 11 is 0. The second kappa shape index (κ2) is 7.79. The van der Waals surface area contributed by atoms with Gasteiger partial charge in [0.2, 0.25) is 5.65 Å². The number of halogens is 1. The van der Waals surface area contributed by atoms with Crippen molar-refractivity contribution in [2.45, 2.75) is 57.7 Å². The number of nitrogens with one attached hydrogen (secondary N) is 2. The highest BCUT2D eigenvalue weighted by Gasteiger charge is 2.39. The molecule has 168 valence electrons. The molecular formula is C21H26ClN9O. The second-order valence-electron chi connectivity index (χ2n) is 9.51. The molecule has 11 heteroatoms. The van der Waals surface area contributed by atoms with Crippen molar-refractivity contribution in [2.24, 2.45) is 0 Å². The first kappa shape index (κ1) is 22.1. The Kier molecular flexibility index (Phi) is 5.38. The zero-order valence-electron chi connectivity index (χ0n) is 18.4. The Labute approximate surface area is 191 Å². The third-order valence-electron chi connectivity index (χ3n) is 5.68. The number of H-pyrrole nitrogens is 1. The number of aromatic hydroxyl groups is 1. The molecular weight excluding hydrogens is 430 g/mol. The summed E-state index contributed by atoms with van der Waals surface area (Å²) in [6.07, 6.45) is 6.90. The molecule has 0 radical (unpaired) electrons. The molecule has 10 nitrogen and oxygen atoms in total. The van der Waals surface area contributed by atoms with Crippen LogP contribution in [0.1, 0.15) is 46.6 Å². The molecule has 0 amide bonds. The standard InChI is InChI=1S/C21H25N9O.ClH/c1-20(2)7-14(8-21(3,4)28-20)30-19-16(26-29-30)6-15(25-27-19)18-17(31)5-12(9-22-18)13-10-23-24-11-13;/h5-6,9-11,14,28,31H,7-8H2,1-4H3,(H,23,24);1H. The number of pyridine rings is 1. The van der Waals surface area contributed by atoms with Gasteiger partial charge in [-0.15, -0.1) is 27.7 Å². The number of fused-ring (bicyclic) bond motifs is 1. The van der Waals surface area contributed by atoms with E-state index in [2.05, 4.69) is 68.7 Å². The van der Waals surface area contributed by atoms with Gasteiger partial charge in [-0.2, -0.15) is 5.10 Å². The van der Waals surface area contributed by atoms with E-state index in [0.717, 1.165) is 24.0 Å². The fourth-order valence-corrected chi connectivity index (χ4v) is 4.77. The fraction of sp³-hybridized carbons (Fsp3) is 0.429. The Balaban J connectivity index is 0.00000245. The maximum absolute atomic E-state index is 10.5. The van der Waals surface area contributed by atoms with E-state index in [4.69, 9.17) is 0 Å². The first-order valence-electron chi connectivity index (χ1n) is 10.3. The van der Waals surface area contributed by atoms with E-state index in [9.17, 15) is 5.11 Å². The molecule has 0 atom stereocenters. The molecule has 3 N–H and O–H groups in total. The number of aromatic amines is 1. The van der Waals surface area contributed by atoms with Gasteiger partial charge in [-0.25, -0.2) is 9.67 Å². The van der Waals surface area contributed by atoms with Crippen LogP contribution in [-0.2, 0) is 0 Å². The second-order valence-corrected chi connectivity index (χ2v) is 9.51. The zero-order chi connectivity index (χ0) is 21.8. The van der Waals surface area contributed by atoms with Crippen molar-refractivity contribution in [3.63, 3.8) is 0 Å². The van der Waals surface area contributed by atoms with Crippen LogP contribution in [0.4, 0.5) is 0 Å². The molecule has 1 aliphatic heterocycles. The highest BCUT2D eigenvalue weighted by molar-refractivity contribution is 5.85. The average Bonchev–Trinajstić information content (AvgIpc) is 3.35. The smallest absolute Gasteiger partial charge is 0.201 e. The molecule has 4 aromatic rings. The van der Waals surface area contributed by atoms with Gasteiger partial charge in [-0.3, -0.25) is 5.10 Å². The first-order valence-corrected chi connectivity index (χ1v) is 10.3. The molecule has 4 aromatic heterocycles. The summed E-state index contributed by atoms with van der Waals surface area (Å²) in [6.45, 7) is 8.80. The predicted octanol–water partition coefficient (Wildman–Crippen LogP) is 3.28. The molecule has 0 aliphatic carbocycles. The van der Waals surface area contributed by atoms with E-state index >= 15 is 0 Å². The molecule has 5 rings (SSSR count). The third kappa shape index (κ3) is 4.03. The molecule has 1 aliphatic rings. The molecule has 1 saturated heterocycles. The molecule has 0 bridgehead atoms. The number of rotatable bonds is 3. The van der Waals surface area contributed by atoms with Crippen LogP contribution in [0.2, 0.25) is 0 Å². The predicted molar refractivity (Wildman–Crippen MR) is 122 cm³/mol. The van der Waals surface area contributed by atoms with Gasteiger partial charge in [0, 0.05) is 34.6 Å².